The second-order valence-electron chi connectivity index (χ2n) is 4.28. The Morgan fingerprint density at radius 3 is 2.95 bits per heavy atom. The molecule has 4 nitrogen and oxygen atoms in total. The number of thioether (sulfide) groups is 1. The van der Waals surface area contributed by atoms with Gasteiger partial charge < -0.3 is 10.5 Å². The monoisotopic (exact) mass is 273 g/mol. The van der Waals surface area contributed by atoms with Crippen molar-refractivity contribution in [3.05, 3.63) is 35.5 Å². The Morgan fingerprint density at radius 1 is 1.26 bits per heavy atom. The molecule has 2 heterocycles. The molecule has 0 saturated carbocycles. The number of nitrogens with zero attached hydrogens (tertiary/aromatic N) is 2. The molecule has 0 atom stereocenters. The van der Waals surface area contributed by atoms with E-state index in [4.69, 9.17) is 10.5 Å². The van der Waals surface area contributed by atoms with Crippen molar-refractivity contribution in [2.45, 2.75) is 18.4 Å². The predicted octanol–water partition coefficient (Wildman–Crippen LogP) is 2.87. The highest BCUT2D eigenvalue weighted by Crippen LogP contribution is 2.35. The minimum Gasteiger partial charge on any atom is -0.493 e. The summed E-state index contributed by atoms with van der Waals surface area (Å²) in [5.74, 6) is 3.87. The predicted molar refractivity (Wildman–Crippen MR) is 78.0 cm³/mol. The average molecular weight is 273 g/mol. The fourth-order valence-electron chi connectivity index (χ4n) is 2.13. The van der Waals surface area contributed by atoms with Crippen LogP contribution in [0.5, 0.6) is 5.75 Å². The van der Waals surface area contributed by atoms with Gasteiger partial charge in [-0.2, -0.15) is 11.8 Å². The molecular weight excluding hydrogens is 258 g/mol. The maximum absolute atomic E-state index is 6.03. The van der Waals surface area contributed by atoms with Gasteiger partial charge in [0.25, 0.3) is 0 Å². The first kappa shape index (κ1) is 12.3. The maximum Gasteiger partial charge on any atom is 0.165 e. The third-order valence-electron chi connectivity index (χ3n) is 3.04. The van der Waals surface area contributed by atoms with Crippen LogP contribution in [0.3, 0.4) is 0 Å². The van der Waals surface area contributed by atoms with E-state index in [1.165, 1.54) is 0 Å². The summed E-state index contributed by atoms with van der Waals surface area (Å²) in [7, 11) is 0. The Hall–Kier alpha value is -1.75. The second kappa shape index (κ2) is 5.09. The van der Waals surface area contributed by atoms with Crippen molar-refractivity contribution in [1.82, 2.24) is 9.97 Å². The number of ether oxygens (including phenoxy) is 1. The fraction of sp³-hybridized carbons (Fsp3) is 0.286. The zero-order chi connectivity index (χ0) is 13.2. The SMILES string of the molecule is CCOc1ccccc1-c1nc(N)c2c(n1)CSC2. The summed E-state index contributed by atoms with van der Waals surface area (Å²) in [5, 5.41) is 0. The van der Waals surface area contributed by atoms with Crippen molar-refractivity contribution in [1.29, 1.82) is 0 Å². The number of benzene rings is 1. The quantitative estimate of drug-likeness (QED) is 0.931. The zero-order valence-electron chi connectivity index (χ0n) is 10.7. The molecule has 5 heteroatoms. The molecule has 1 aliphatic rings. The average Bonchev–Trinajstić information content (AvgIpc) is 2.88. The van der Waals surface area contributed by atoms with Crippen LogP contribution in [-0.4, -0.2) is 16.6 Å². The minimum atomic E-state index is 0.594. The molecule has 0 bridgehead atoms. The van der Waals surface area contributed by atoms with E-state index in [9.17, 15) is 0 Å². The number of aromatic nitrogens is 2. The number of nitrogens with two attached hydrogens (primary N) is 1. The van der Waals surface area contributed by atoms with Crippen LogP contribution in [0.1, 0.15) is 18.2 Å². The standard InChI is InChI=1S/C14H15N3OS/c1-2-18-12-6-4-3-5-9(12)14-16-11-8-19-7-10(11)13(15)17-14/h3-6H,2,7-8H2,1H3,(H2,15,16,17). The van der Waals surface area contributed by atoms with Gasteiger partial charge in [-0.25, -0.2) is 9.97 Å². The Kier molecular flexibility index (Phi) is 3.29. The van der Waals surface area contributed by atoms with E-state index in [-0.39, 0.29) is 0 Å². The van der Waals surface area contributed by atoms with E-state index in [2.05, 4.69) is 9.97 Å². The summed E-state index contributed by atoms with van der Waals surface area (Å²) in [5.41, 5.74) is 9.07. The number of rotatable bonds is 3. The largest absolute Gasteiger partial charge is 0.493 e. The number of hydrogen-bond acceptors (Lipinski definition) is 5. The van der Waals surface area contributed by atoms with Crippen LogP contribution in [-0.2, 0) is 11.5 Å². The number of fused-ring (bicyclic) bond motifs is 1. The van der Waals surface area contributed by atoms with Crippen LogP contribution in [0, 0.1) is 0 Å². The van der Waals surface area contributed by atoms with E-state index in [1.807, 2.05) is 43.0 Å². The maximum atomic E-state index is 6.03. The molecule has 1 aromatic carbocycles. The highest BCUT2D eigenvalue weighted by atomic mass is 32.2. The van der Waals surface area contributed by atoms with Crippen molar-refractivity contribution < 1.29 is 4.74 Å². The van der Waals surface area contributed by atoms with Crippen LogP contribution < -0.4 is 10.5 Å². The molecule has 1 aromatic heterocycles. The first-order chi connectivity index (χ1) is 9.29. The molecule has 0 amide bonds. The third kappa shape index (κ3) is 2.26. The lowest BCUT2D eigenvalue weighted by atomic mass is 10.1. The van der Waals surface area contributed by atoms with Gasteiger partial charge in [-0.15, -0.1) is 0 Å². The summed E-state index contributed by atoms with van der Waals surface area (Å²) >= 11 is 1.82. The molecule has 0 spiro atoms. The van der Waals surface area contributed by atoms with Gasteiger partial charge in [0.1, 0.15) is 11.6 Å². The van der Waals surface area contributed by atoms with Crippen molar-refractivity contribution in [3.8, 4) is 17.1 Å². The summed E-state index contributed by atoms with van der Waals surface area (Å²) < 4.78 is 5.62. The van der Waals surface area contributed by atoms with Gasteiger partial charge in [0, 0.05) is 17.1 Å². The van der Waals surface area contributed by atoms with Crippen molar-refractivity contribution in [2.75, 3.05) is 12.3 Å². The molecule has 3 rings (SSSR count). The molecule has 0 fully saturated rings. The molecular formula is C14H15N3OS. The molecule has 0 saturated heterocycles. The van der Waals surface area contributed by atoms with Crippen LogP contribution >= 0.6 is 11.8 Å². The Morgan fingerprint density at radius 2 is 2.11 bits per heavy atom. The van der Waals surface area contributed by atoms with Crippen molar-refractivity contribution >= 4 is 17.6 Å². The first-order valence-electron chi connectivity index (χ1n) is 6.24. The molecule has 1 aliphatic heterocycles. The van der Waals surface area contributed by atoms with E-state index in [1.54, 1.807) is 0 Å². The lowest BCUT2D eigenvalue weighted by Crippen LogP contribution is -2.04. The van der Waals surface area contributed by atoms with Gasteiger partial charge in [-0.1, -0.05) is 12.1 Å². The Bertz CT molecular complexity index is 616. The summed E-state index contributed by atoms with van der Waals surface area (Å²) in [6.45, 7) is 2.58. The molecule has 98 valence electrons. The number of para-hydroxylation sites is 1. The minimum absolute atomic E-state index is 0.594. The molecule has 2 aromatic rings. The van der Waals surface area contributed by atoms with Gasteiger partial charge in [-0.3, -0.25) is 0 Å². The van der Waals surface area contributed by atoms with Gasteiger partial charge >= 0.3 is 0 Å². The lowest BCUT2D eigenvalue weighted by Gasteiger charge is -2.10. The van der Waals surface area contributed by atoms with E-state index in [0.717, 1.165) is 34.1 Å². The van der Waals surface area contributed by atoms with Crippen molar-refractivity contribution in [2.24, 2.45) is 0 Å². The summed E-state index contributed by atoms with van der Waals surface area (Å²) in [4.78, 5) is 9.07. The molecule has 19 heavy (non-hydrogen) atoms. The molecule has 0 unspecified atom stereocenters. The van der Waals surface area contributed by atoms with Crippen LogP contribution in [0.15, 0.2) is 24.3 Å². The lowest BCUT2D eigenvalue weighted by molar-refractivity contribution is 0.341. The van der Waals surface area contributed by atoms with E-state index < -0.39 is 0 Å². The van der Waals surface area contributed by atoms with Gasteiger partial charge in [0.2, 0.25) is 0 Å². The number of nitrogen functional groups attached to an aromatic ring is 1. The molecule has 2 N–H and O–H groups in total. The number of hydrogen-bond donors (Lipinski definition) is 1. The normalized spacial score (nSPS) is 13.3. The van der Waals surface area contributed by atoms with Gasteiger partial charge in [-0.05, 0) is 19.1 Å². The smallest absolute Gasteiger partial charge is 0.165 e. The zero-order valence-corrected chi connectivity index (χ0v) is 11.5. The van der Waals surface area contributed by atoms with Gasteiger partial charge in [0.05, 0.1) is 17.9 Å². The number of anilines is 1. The van der Waals surface area contributed by atoms with Crippen LogP contribution in [0.25, 0.3) is 11.4 Å². The third-order valence-corrected chi connectivity index (χ3v) is 4.01. The highest BCUT2D eigenvalue weighted by molar-refractivity contribution is 7.98. The van der Waals surface area contributed by atoms with Crippen LogP contribution in [0.2, 0.25) is 0 Å². The van der Waals surface area contributed by atoms with Gasteiger partial charge in [0.15, 0.2) is 5.82 Å². The summed E-state index contributed by atoms with van der Waals surface area (Å²) in [6, 6.07) is 7.80. The molecule has 0 aliphatic carbocycles. The fourth-order valence-corrected chi connectivity index (χ4v) is 3.18. The molecule has 0 radical (unpaired) electrons. The van der Waals surface area contributed by atoms with Crippen LogP contribution in [0.4, 0.5) is 5.82 Å². The van der Waals surface area contributed by atoms with Crippen molar-refractivity contribution in [3.63, 3.8) is 0 Å². The van der Waals surface area contributed by atoms with E-state index in [0.29, 0.717) is 18.2 Å². The topological polar surface area (TPSA) is 61.0 Å². The first-order valence-corrected chi connectivity index (χ1v) is 7.40. The highest BCUT2D eigenvalue weighted by Gasteiger charge is 2.19. The Labute approximate surface area is 116 Å². The Balaban J connectivity index is 2.10. The summed E-state index contributed by atoms with van der Waals surface area (Å²) in [6.07, 6.45) is 0. The van der Waals surface area contributed by atoms with E-state index >= 15 is 0 Å². The second-order valence-corrected chi connectivity index (χ2v) is 5.27.